The van der Waals surface area contributed by atoms with Gasteiger partial charge in [-0.2, -0.15) is 0 Å². The third-order valence-electron chi connectivity index (χ3n) is 5.93. The molecule has 0 spiro atoms. The standard InChI is InChI=1S/C23H24N4O/c28-22(10-9-17-15-24-19-6-2-1-5-18(17)19)27-13-11-16(12-14-27)23-25-20-7-3-4-8-21(20)26-23/h1-8,15-16,24H,9-14H2,(H,25,26). The first-order chi connectivity index (χ1) is 13.8. The number of aromatic nitrogens is 3. The van der Waals surface area contributed by atoms with E-state index in [2.05, 4.69) is 28.2 Å². The van der Waals surface area contributed by atoms with Crippen LogP contribution in [0.2, 0.25) is 0 Å². The predicted octanol–water partition coefficient (Wildman–Crippen LogP) is 4.38. The summed E-state index contributed by atoms with van der Waals surface area (Å²) in [5.74, 6) is 1.73. The Bertz CT molecular complexity index is 1080. The highest BCUT2D eigenvalue weighted by molar-refractivity contribution is 5.84. The van der Waals surface area contributed by atoms with Gasteiger partial charge in [0.15, 0.2) is 0 Å². The molecule has 2 aromatic carbocycles. The average Bonchev–Trinajstić information content (AvgIpc) is 3.36. The second-order valence-corrected chi connectivity index (χ2v) is 7.65. The van der Waals surface area contributed by atoms with E-state index in [9.17, 15) is 4.79 Å². The normalized spacial score (nSPS) is 15.5. The maximum absolute atomic E-state index is 12.7. The maximum atomic E-state index is 12.7. The van der Waals surface area contributed by atoms with Crippen molar-refractivity contribution >= 4 is 27.8 Å². The molecule has 5 nitrogen and oxygen atoms in total. The number of aromatic amines is 2. The van der Waals surface area contributed by atoms with Gasteiger partial charge in [-0.25, -0.2) is 4.98 Å². The number of H-pyrrole nitrogens is 2. The van der Waals surface area contributed by atoms with E-state index in [0.29, 0.717) is 12.3 Å². The molecule has 5 rings (SSSR count). The van der Waals surface area contributed by atoms with E-state index < -0.39 is 0 Å². The van der Waals surface area contributed by atoms with Gasteiger partial charge in [0.1, 0.15) is 5.82 Å². The number of benzene rings is 2. The first-order valence-corrected chi connectivity index (χ1v) is 10.1. The fraction of sp³-hybridized carbons (Fsp3) is 0.304. The number of para-hydroxylation sites is 3. The van der Waals surface area contributed by atoms with E-state index in [-0.39, 0.29) is 5.91 Å². The maximum Gasteiger partial charge on any atom is 0.222 e. The Morgan fingerprint density at radius 3 is 2.61 bits per heavy atom. The lowest BCUT2D eigenvalue weighted by molar-refractivity contribution is -0.132. The molecule has 0 unspecified atom stereocenters. The molecule has 1 amide bonds. The van der Waals surface area contributed by atoms with Crippen LogP contribution in [0.25, 0.3) is 21.9 Å². The molecule has 2 aromatic heterocycles. The molecule has 28 heavy (non-hydrogen) atoms. The van der Waals surface area contributed by atoms with Crippen molar-refractivity contribution < 1.29 is 4.79 Å². The first-order valence-electron chi connectivity index (χ1n) is 10.1. The van der Waals surface area contributed by atoms with Crippen molar-refractivity contribution in [1.82, 2.24) is 19.9 Å². The monoisotopic (exact) mass is 372 g/mol. The molecule has 2 N–H and O–H groups in total. The van der Waals surface area contributed by atoms with Gasteiger partial charge in [0.2, 0.25) is 5.91 Å². The van der Waals surface area contributed by atoms with Crippen LogP contribution >= 0.6 is 0 Å². The number of imidazole rings is 1. The second-order valence-electron chi connectivity index (χ2n) is 7.65. The number of fused-ring (bicyclic) bond motifs is 2. The number of nitrogens with zero attached hydrogens (tertiary/aromatic N) is 2. The van der Waals surface area contributed by atoms with E-state index >= 15 is 0 Å². The number of carbonyl (C=O) groups is 1. The Morgan fingerprint density at radius 2 is 1.79 bits per heavy atom. The molecule has 1 aliphatic heterocycles. The predicted molar refractivity (Wildman–Crippen MR) is 111 cm³/mol. The summed E-state index contributed by atoms with van der Waals surface area (Å²) in [6.07, 6.45) is 5.33. The van der Waals surface area contributed by atoms with Crippen molar-refractivity contribution in [3.05, 3.63) is 66.1 Å². The van der Waals surface area contributed by atoms with Crippen molar-refractivity contribution in [2.24, 2.45) is 0 Å². The van der Waals surface area contributed by atoms with Crippen LogP contribution in [-0.2, 0) is 11.2 Å². The summed E-state index contributed by atoms with van der Waals surface area (Å²) in [4.78, 5) is 26.2. The molecule has 3 heterocycles. The molecular weight excluding hydrogens is 348 g/mol. The number of piperidine rings is 1. The molecule has 0 bridgehead atoms. The summed E-state index contributed by atoms with van der Waals surface area (Å²) >= 11 is 0. The summed E-state index contributed by atoms with van der Waals surface area (Å²) in [5.41, 5.74) is 4.47. The molecule has 1 saturated heterocycles. The molecule has 5 heteroatoms. The van der Waals surface area contributed by atoms with Crippen LogP contribution in [-0.4, -0.2) is 38.8 Å². The lowest BCUT2D eigenvalue weighted by Crippen LogP contribution is -2.38. The van der Waals surface area contributed by atoms with Gasteiger partial charge in [-0.05, 0) is 43.0 Å². The fourth-order valence-electron chi connectivity index (χ4n) is 4.31. The summed E-state index contributed by atoms with van der Waals surface area (Å²) in [7, 11) is 0. The Hall–Kier alpha value is -3.08. The molecule has 1 aliphatic rings. The largest absolute Gasteiger partial charge is 0.361 e. The van der Waals surface area contributed by atoms with E-state index in [1.165, 1.54) is 10.9 Å². The van der Waals surface area contributed by atoms with Crippen molar-refractivity contribution in [2.45, 2.75) is 31.6 Å². The third kappa shape index (κ3) is 3.17. The van der Waals surface area contributed by atoms with E-state index in [0.717, 1.165) is 54.7 Å². The van der Waals surface area contributed by atoms with Gasteiger partial charge in [-0.3, -0.25) is 4.79 Å². The topological polar surface area (TPSA) is 64.8 Å². The summed E-state index contributed by atoms with van der Waals surface area (Å²) in [6.45, 7) is 1.63. The Balaban J connectivity index is 1.19. The zero-order valence-corrected chi connectivity index (χ0v) is 15.8. The van der Waals surface area contributed by atoms with Crippen LogP contribution in [0.1, 0.15) is 36.6 Å². The smallest absolute Gasteiger partial charge is 0.222 e. The number of likely N-dealkylation sites (tertiary alicyclic amines) is 1. The van der Waals surface area contributed by atoms with Gasteiger partial charge in [-0.15, -0.1) is 0 Å². The van der Waals surface area contributed by atoms with E-state index in [1.54, 1.807) is 0 Å². The molecular formula is C23H24N4O. The Morgan fingerprint density at radius 1 is 1.04 bits per heavy atom. The van der Waals surface area contributed by atoms with Crippen molar-refractivity contribution in [2.75, 3.05) is 13.1 Å². The van der Waals surface area contributed by atoms with Gasteiger partial charge >= 0.3 is 0 Å². The number of amides is 1. The molecule has 0 saturated carbocycles. The highest BCUT2D eigenvalue weighted by Gasteiger charge is 2.25. The van der Waals surface area contributed by atoms with Gasteiger partial charge in [0, 0.05) is 42.5 Å². The Kier molecular flexibility index (Phi) is 4.35. The fourth-order valence-corrected chi connectivity index (χ4v) is 4.31. The van der Waals surface area contributed by atoms with Crippen LogP contribution in [0.15, 0.2) is 54.7 Å². The summed E-state index contributed by atoms with van der Waals surface area (Å²) in [6, 6.07) is 16.4. The van der Waals surface area contributed by atoms with Crippen molar-refractivity contribution in [1.29, 1.82) is 0 Å². The summed E-state index contributed by atoms with van der Waals surface area (Å²) < 4.78 is 0. The molecule has 4 aromatic rings. The molecule has 142 valence electrons. The van der Waals surface area contributed by atoms with Crippen LogP contribution in [0.3, 0.4) is 0 Å². The molecule has 0 radical (unpaired) electrons. The average molecular weight is 372 g/mol. The lowest BCUT2D eigenvalue weighted by Gasteiger charge is -2.31. The van der Waals surface area contributed by atoms with Crippen molar-refractivity contribution in [3.63, 3.8) is 0 Å². The molecule has 0 aliphatic carbocycles. The third-order valence-corrected chi connectivity index (χ3v) is 5.93. The molecule has 0 atom stereocenters. The SMILES string of the molecule is O=C(CCc1c[nH]c2ccccc12)N1CCC(c2nc3ccccc3[nH]2)CC1. The van der Waals surface area contributed by atoms with E-state index in [4.69, 9.17) is 4.98 Å². The lowest BCUT2D eigenvalue weighted by atomic mass is 9.95. The number of hydrogen-bond donors (Lipinski definition) is 2. The minimum absolute atomic E-state index is 0.258. The highest BCUT2D eigenvalue weighted by atomic mass is 16.2. The van der Waals surface area contributed by atoms with Gasteiger partial charge in [0.25, 0.3) is 0 Å². The molecule has 1 fully saturated rings. The van der Waals surface area contributed by atoms with Crippen molar-refractivity contribution in [3.8, 4) is 0 Å². The second kappa shape index (κ2) is 7.15. The number of aryl methyl sites for hydroxylation is 1. The number of rotatable bonds is 4. The number of carbonyl (C=O) groups excluding carboxylic acids is 1. The van der Waals surface area contributed by atoms with Gasteiger partial charge < -0.3 is 14.9 Å². The minimum atomic E-state index is 0.258. The van der Waals surface area contributed by atoms with Gasteiger partial charge in [-0.1, -0.05) is 30.3 Å². The Labute approximate surface area is 163 Å². The van der Waals surface area contributed by atoms with Gasteiger partial charge in [0.05, 0.1) is 11.0 Å². The van der Waals surface area contributed by atoms with E-state index in [1.807, 2.05) is 41.4 Å². The highest BCUT2D eigenvalue weighted by Crippen LogP contribution is 2.28. The van der Waals surface area contributed by atoms with Crippen LogP contribution in [0.5, 0.6) is 0 Å². The first kappa shape index (κ1) is 17.0. The summed E-state index contributed by atoms with van der Waals surface area (Å²) in [5, 5.41) is 1.22. The van der Waals surface area contributed by atoms with Crippen LogP contribution in [0.4, 0.5) is 0 Å². The zero-order chi connectivity index (χ0) is 18.9. The van der Waals surface area contributed by atoms with Crippen LogP contribution in [0, 0.1) is 0 Å². The zero-order valence-electron chi connectivity index (χ0n) is 15.8. The quantitative estimate of drug-likeness (QED) is 0.558. The number of nitrogens with one attached hydrogen (secondary N) is 2. The number of hydrogen-bond acceptors (Lipinski definition) is 2. The van der Waals surface area contributed by atoms with Crippen LogP contribution < -0.4 is 0 Å². The minimum Gasteiger partial charge on any atom is -0.361 e.